The maximum absolute atomic E-state index is 12.7. The molecule has 8 nitrogen and oxygen atoms in total. The van der Waals surface area contributed by atoms with Crippen molar-refractivity contribution in [2.24, 2.45) is 23.7 Å². The molecule has 1 saturated carbocycles. The van der Waals surface area contributed by atoms with Crippen molar-refractivity contribution in [3.63, 3.8) is 0 Å². The summed E-state index contributed by atoms with van der Waals surface area (Å²) in [6.45, 7) is -0.368. The third-order valence-corrected chi connectivity index (χ3v) is 5.49. The summed E-state index contributed by atoms with van der Waals surface area (Å²) < 4.78 is 0. The van der Waals surface area contributed by atoms with Gasteiger partial charge >= 0.3 is 0 Å². The number of anilines is 1. The number of nitro groups is 1. The molecule has 2 bridgehead atoms. The first kappa shape index (κ1) is 16.4. The van der Waals surface area contributed by atoms with Crippen LogP contribution in [0, 0.1) is 33.8 Å². The third-order valence-electron chi connectivity index (χ3n) is 5.49. The molecule has 3 amide bonds. The van der Waals surface area contributed by atoms with E-state index >= 15 is 0 Å². The van der Waals surface area contributed by atoms with Crippen LogP contribution in [0.2, 0.25) is 0 Å². The van der Waals surface area contributed by atoms with E-state index in [1.807, 2.05) is 12.2 Å². The summed E-state index contributed by atoms with van der Waals surface area (Å²) in [7, 11) is 0. The van der Waals surface area contributed by atoms with Crippen molar-refractivity contribution >= 4 is 29.1 Å². The molecule has 0 spiro atoms. The molecule has 134 valence electrons. The topological polar surface area (TPSA) is 110 Å². The van der Waals surface area contributed by atoms with Gasteiger partial charge in [0.2, 0.25) is 17.7 Å². The fraction of sp³-hybridized carbons (Fsp3) is 0.389. The lowest BCUT2D eigenvalue weighted by atomic mass is 9.63. The molecule has 0 radical (unpaired) electrons. The second-order valence-corrected chi connectivity index (χ2v) is 6.96. The van der Waals surface area contributed by atoms with E-state index in [4.69, 9.17) is 0 Å². The predicted octanol–water partition coefficient (Wildman–Crippen LogP) is 1.73. The number of rotatable bonds is 4. The van der Waals surface area contributed by atoms with Crippen LogP contribution in [0.1, 0.15) is 12.8 Å². The molecule has 1 saturated heterocycles. The predicted molar refractivity (Wildman–Crippen MR) is 90.8 cm³/mol. The summed E-state index contributed by atoms with van der Waals surface area (Å²) in [5.41, 5.74) is 0.104. The van der Waals surface area contributed by atoms with Crippen LogP contribution in [0.4, 0.5) is 11.4 Å². The molecule has 0 unspecified atom stereocenters. The number of likely N-dealkylation sites (tertiary alicyclic amines) is 1. The number of fused-ring (bicyclic) bond motifs is 1. The van der Waals surface area contributed by atoms with Gasteiger partial charge in [0, 0.05) is 17.8 Å². The molecule has 26 heavy (non-hydrogen) atoms. The first-order valence-electron chi connectivity index (χ1n) is 8.53. The van der Waals surface area contributed by atoms with Gasteiger partial charge in [0.15, 0.2) is 0 Å². The maximum atomic E-state index is 12.7. The van der Waals surface area contributed by atoms with Gasteiger partial charge in [0.25, 0.3) is 5.69 Å². The van der Waals surface area contributed by atoms with Crippen molar-refractivity contribution in [2.45, 2.75) is 12.8 Å². The molecule has 3 aliphatic carbocycles. The number of nitrogens with one attached hydrogen (secondary N) is 1. The lowest BCUT2D eigenvalue weighted by Crippen LogP contribution is -2.38. The van der Waals surface area contributed by atoms with Crippen LogP contribution < -0.4 is 5.32 Å². The second kappa shape index (κ2) is 6.05. The summed E-state index contributed by atoms with van der Waals surface area (Å²) >= 11 is 0. The lowest BCUT2D eigenvalue weighted by molar-refractivity contribution is -0.384. The van der Waals surface area contributed by atoms with Crippen LogP contribution in [0.3, 0.4) is 0 Å². The Morgan fingerprint density at radius 1 is 1.15 bits per heavy atom. The number of carbonyl (C=O) groups excluding carboxylic acids is 3. The molecule has 8 heteroatoms. The van der Waals surface area contributed by atoms with Crippen LogP contribution in [-0.2, 0) is 14.4 Å². The molecule has 1 aliphatic heterocycles. The van der Waals surface area contributed by atoms with E-state index in [1.165, 1.54) is 24.3 Å². The van der Waals surface area contributed by atoms with Crippen LogP contribution in [0.15, 0.2) is 36.4 Å². The molecule has 4 aliphatic rings. The third kappa shape index (κ3) is 2.58. The molecule has 1 aromatic carbocycles. The van der Waals surface area contributed by atoms with E-state index in [0.717, 1.165) is 17.7 Å². The van der Waals surface area contributed by atoms with E-state index in [2.05, 4.69) is 5.32 Å². The van der Waals surface area contributed by atoms with Gasteiger partial charge in [-0.3, -0.25) is 29.4 Å². The van der Waals surface area contributed by atoms with Crippen molar-refractivity contribution < 1.29 is 19.3 Å². The highest BCUT2D eigenvalue weighted by Gasteiger charge is 2.56. The van der Waals surface area contributed by atoms with Crippen molar-refractivity contribution in [2.75, 3.05) is 11.9 Å². The molecule has 1 aromatic rings. The molecule has 1 N–H and O–H groups in total. The Bertz CT molecular complexity index is 817. The maximum Gasteiger partial charge on any atom is 0.271 e. The Labute approximate surface area is 149 Å². The summed E-state index contributed by atoms with van der Waals surface area (Å²) in [5, 5.41) is 13.3. The molecule has 1 heterocycles. The minimum atomic E-state index is -0.559. The van der Waals surface area contributed by atoms with Gasteiger partial charge < -0.3 is 5.32 Å². The number of hydrogen-bond acceptors (Lipinski definition) is 5. The van der Waals surface area contributed by atoms with E-state index in [0.29, 0.717) is 0 Å². The van der Waals surface area contributed by atoms with E-state index in [9.17, 15) is 24.5 Å². The lowest BCUT2D eigenvalue weighted by Gasteiger charge is -2.38. The van der Waals surface area contributed by atoms with Crippen molar-refractivity contribution in [3.8, 4) is 0 Å². The Hall–Kier alpha value is -3.03. The van der Waals surface area contributed by atoms with Crippen LogP contribution in [0.25, 0.3) is 0 Å². The molecule has 5 rings (SSSR count). The fourth-order valence-electron chi connectivity index (χ4n) is 4.33. The van der Waals surface area contributed by atoms with E-state index < -0.39 is 10.8 Å². The minimum Gasteiger partial charge on any atom is -0.324 e. The minimum absolute atomic E-state index is 0.0753. The largest absolute Gasteiger partial charge is 0.324 e. The highest BCUT2D eigenvalue weighted by atomic mass is 16.6. The average molecular weight is 355 g/mol. The number of nitrogens with zero attached hydrogens (tertiary/aromatic N) is 2. The summed E-state index contributed by atoms with van der Waals surface area (Å²) in [6.07, 6.45) is 5.84. The number of hydrogen-bond donors (Lipinski definition) is 1. The van der Waals surface area contributed by atoms with Crippen LogP contribution >= 0.6 is 0 Å². The number of amides is 3. The monoisotopic (exact) mass is 355 g/mol. The first-order chi connectivity index (χ1) is 12.5. The van der Waals surface area contributed by atoms with Gasteiger partial charge in [-0.15, -0.1) is 0 Å². The van der Waals surface area contributed by atoms with Gasteiger partial charge in [-0.25, -0.2) is 0 Å². The number of allylic oxidation sites excluding steroid dienone is 2. The smallest absolute Gasteiger partial charge is 0.271 e. The van der Waals surface area contributed by atoms with Crippen LogP contribution in [0.5, 0.6) is 0 Å². The quantitative estimate of drug-likeness (QED) is 0.383. The fourth-order valence-corrected chi connectivity index (χ4v) is 4.33. The summed E-state index contributed by atoms with van der Waals surface area (Å²) in [5.74, 6) is -1.67. The Morgan fingerprint density at radius 3 is 2.31 bits per heavy atom. The molecule has 2 fully saturated rings. The van der Waals surface area contributed by atoms with Crippen LogP contribution in [-0.4, -0.2) is 34.1 Å². The molecular formula is C18H17N3O5. The van der Waals surface area contributed by atoms with E-state index in [-0.39, 0.29) is 53.4 Å². The highest BCUT2D eigenvalue weighted by molar-refractivity contribution is 6.09. The second-order valence-electron chi connectivity index (χ2n) is 6.96. The zero-order valence-corrected chi connectivity index (χ0v) is 13.8. The standard InChI is InChI=1S/C18H17N3O5/c22-14(19-12-2-1-3-13(8-12)21(25)26)9-20-17(23)15-10-4-5-11(7-6-10)16(15)18(20)24/h1-5,8,10-11,15-16H,6-7,9H2,(H,19,22)/t10-,11-,15+,16+/m0/s1. The Balaban J connectivity index is 1.47. The van der Waals surface area contributed by atoms with Crippen molar-refractivity contribution in [3.05, 3.63) is 46.5 Å². The average Bonchev–Trinajstić information content (AvgIpc) is 2.90. The zero-order chi connectivity index (χ0) is 18.4. The highest BCUT2D eigenvalue weighted by Crippen LogP contribution is 2.49. The summed E-state index contributed by atoms with van der Waals surface area (Å²) in [4.78, 5) is 48.9. The number of carbonyl (C=O) groups is 3. The van der Waals surface area contributed by atoms with Gasteiger partial charge in [0.05, 0.1) is 16.8 Å². The SMILES string of the molecule is O=C(CN1C(=O)[C@H]2[C@H](C1=O)[C@H]1C=C[C@H]2CC1)Nc1cccc([N+](=O)[O-])c1. The molecule has 0 aromatic heterocycles. The van der Waals surface area contributed by atoms with Crippen molar-refractivity contribution in [1.82, 2.24) is 4.90 Å². The van der Waals surface area contributed by atoms with Crippen molar-refractivity contribution in [1.29, 1.82) is 0 Å². The number of nitro benzene ring substituents is 1. The number of benzene rings is 1. The van der Waals surface area contributed by atoms with Gasteiger partial charge in [-0.1, -0.05) is 18.2 Å². The first-order valence-corrected chi connectivity index (χ1v) is 8.53. The Kier molecular flexibility index (Phi) is 3.82. The number of non-ortho nitro benzene ring substituents is 1. The number of imide groups is 1. The summed E-state index contributed by atoms with van der Waals surface area (Å²) in [6, 6.07) is 5.52. The van der Waals surface area contributed by atoms with E-state index in [1.54, 1.807) is 0 Å². The normalized spacial score (nSPS) is 29.0. The van der Waals surface area contributed by atoms with Gasteiger partial charge in [0.1, 0.15) is 6.54 Å². The molecule has 4 atom stereocenters. The van der Waals surface area contributed by atoms with Gasteiger partial charge in [-0.2, -0.15) is 0 Å². The Morgan fingerprint density at radius 2 is 1.77 bits per heavy atom. The van der Waals surface area contributed by atoms with Gasteiger partial charge in [-0.05, 0) is 30.7 Å². The zero-order valence-electron chi connectivity index (χ0n) is 13.8. The molecular weight excluding hydrogens is 338 g/mol.